The van der Waals surface area contributed by atoms with Gasteiger partial charge < -0.3 is 10.2 Å². The highest BCUT2D eigenvalue weighted by atomic mass is 79.9. The van der Waals surface area contributed by atoms with Crippen LogP contribution in [0.15, 0.2) is 47.2 Å². The van der Waals surface area contributed by atoms with Crippen LogP contribution in [0.5, 0.6) is 0 Å². The first-order valence-corrected chi connectivity index (χ1v) is 9.73. The van der Waals surface area contributed by atoms with Gasteiger partial charge in [0.15, 0.2) is 0 Å². The summed E-state index contributed by atoms with van der Waals surface area (Å²) in [5, 5.41) is 2.86. The van der Waals surface area contributed by atoms with Crippen LogP contribution in [0.25, 0.3) is 0 Å². The van der Waals surface area contributed by atoms with Gasteiger partial charge in [-0.2, -0.15) is 0 Å². The van der Waals surface area contributed by atoms with Crippen LogP contribution in [0, 0.1) is 0 Å². The van der Waals surface area contributed by atoms with Gasteiger partial charge in [0.25, 0.3) is 11.8 Å². The molecular weight excluding hydrogens is 426 g/mol. The van der Waals surface area contributed by atoms with Crippen LogP contribution in [0.4, 0.5) is 4.79 Å². The lowest BCUT2D eigenvalue weighted by Crippen LogP contribution is -2.56. The van der Waals surface area contributed by atoms with Gasteiger partial charge in [-0.3, -0.25) is 14.5 Å². The van der Waals surface area contributed by atoms with E-state index in [0.29, 0.717) is 30.4 Å². The molecule has 1 spiro atoms. The molecule has 1 aromatic carbocycles. The Morgan fingerprint density at radius 2 is 1.75 bits per heavy atom. The van der Waals surface area contributed by atoms with Gasteiger partial charge in [-0.15, -0.1) is 0 Å². The van der Waals surface area contributed by atoms with E-state index in [4.69, 9.17) is 0 Å². The van der Waals surface area contributed by atoms with Gasteiger partial charge in [0.2, 0.25) is 5.82 Å². The Morgan fingerprint density at radius 1 is 1.11 bits per heavy atom. The maximum Gasteiger partial charge on any atom is 0.325 e. The summed E-state index contributed by atoms with van der Waals surface area (Å²) >= 11 is 3.24. The molecule has 0 aliphatic carbocycles. The molecule has 4 rings (SSSR count). The summed E-state index contributed by atoms with van der Waals surface area (Å²) in [7, 11) is 0. The quantitative estimate of drug-likeness (QED) is 0.731. The van der Waals surface area contributed by atoms with Crippen molar-refractivity contribution in [2.45, 2.75) is 24.9 Å². The average Bonchev–Trinajstić information content (AvgIpc) is 2.93. The van der Waals surface area contributed by atoms with Gasteiger partial charge in [0.05, 0.1) is 11.0 Å². The highest BCUT2D eigenvalue weighted by Gasteiger charge is 2.52. The predicted molar refractivity (Wildman–Crippen MR) is 103 cm³/mol. The minimum absolute atomic E-state index is 0.117. The van der Waals surface area contributed by atoms with Gasteiger partial charge in [0, 0.05) is 25.5 Å². The zero-order valence-corrected chi connectivity index (χ0v) is 16.6. The van der Waals surface area contributed by atoms with Crippen molar-refractivity contribution >= 4 is 33.8 Å². The molecule has 0 bridgehead atoms. The number of likely N-dealkylation sites (tertiary alicyclic amines) is 1. The van der Waals surface area contributed by atoms with E-state index in [1.807, 2.05) is 30.3 Å². The number of piperidine rings is 1. The number of rotatable bonds is 3. The Bertz CT molecular complexity index is 911. The maximum atomic E-state index is 13.0. The fourth-order valence-electron chi connectivity index (χ4n) is 3.58. The summed E-state index contributed by atoms with van der Waals surface area (Å²) in [4.78, 5) is 48.9. The van der Waals surface area contributed by atoms with Crippen molar-refractivity contribution in [2.24, 2.45) is 0 Å². The van der Waals surface area contributed by atoms with Gasteiger partial charge in [-0.1, -0.05) is 30.3 Å². The van der Waals surface area contributed by atoms with Gasteiger partial charge >= 0.3 is 6.03 Å². The molecule has 2 aliphatic heterocycles. The lowest BCUT2D eigenvalue weighted by atomic mass is 9.87. The molecule has 3 heterocycles. The van der Waals surface area contributed by atoms with E-state index < -0.39 is 5.54 Å². The molecule has 144 valence electrons. The van der Waals surface area contributed by atoms with Crippen molar-refractivity contribution in [1.29, 1.82) is 0 Å². The molecule has 2 fully saturated rings. The Hall–Kier alpha value is -2.81. The summed E-state index contributed by atoms with van der Waals surface area (Å²) < 4.78 is 0.694. The van der Waals surface area contributed by atoms with Gasteiger partial charge in [0.1, 0.15) is 5.54 Å². The summed E-state index contributed by atoms with van der Waals surface area (Å²) in [6, 6.07) is 9.01. The second kappa shape index (κ2) is 7.31. The number of carbonyl (C=O) groups is 3. The molecule has 2 saturated heterocycles. The van der Waals surface area contributed by atoms with E-state index in [-0.39, 0.29) is 30.2 Å². The molecule has 9 heteroatoms. The summed E-state index contributed by atoms with van der Waals surface area (Å²) in [6.45, 7) is 0.940. The van der Waals surface area contributed by atoms with Crippen molar-refractivity contribution in [1.82, 2.24) is 25.1 Å². The first-order chi connectivity index (χ1) is 13.5. The van der Waals surface area contributed by atoms with Crippen LogP contribution >= 0.6 is 15.9 Å². The molecule has 0 unspecified atom stereocenters. The largest absolute Gasteiger partial charge is 0.336 e. The SMILES string of the molecule is O=C(c1ncc(Br)cn1)N1CCC2(CC1)NC(=O)N(Cc1ccccc1)C2=O. The van der Waals surface area contributed by atoms with Crippen molar-refractivity contribution in [3.8, 4) is 0 Å². The van der Waals surface area contributed by atoms with Gasteiger partial charge in [-0.05, 0) is 34.3 Å². The Morgan fingerprint density at radius 3 is 2.39 bits per heavy atom. The molecule has 1 aromatic heterocycles. The minimum Gasteiger partial charge on any atom is -0.336 e. The zero-order valence-electron chi connectivity index (χ0n) is 15.0. The second-order valence-corrected chi connectivity index (χ2v) is 7.82. The van der Waals surface area contributed by atoms with Crippen LogP contribution in [0.2, 0.25) is 0 Å². The number of carbonyl (C=O) groups excluding carboxylic acids is 3. The molecule has 0 radical (unpaired) electrons. The number of aromatic nitrogens is 2. The molecule has 0 atom stereocenters. The third-order valence-electron chi connectivity index (χ3n) is 5.15. The summed E-state index contributed by atoms with van der Waals surface area (Å²) in [6.07, 6.45) is 3.78. The number of nitrogens with zero attached hydrogens (tertiary/aromatic N) is 4. The number of hydrogen-bond acceptors (Lipinski definition) is 5. The van der Waals surface area contributed by atoms with E-state index >= 15 is 0 Å². The lowest BCUT2D eigenvalue weighted by molar-refractivity contribution is -0.133. The highest BCUT2D eigenvalue weighted by Crippen LogP contribution is 2.30. The van der Waals surface area contributed by atoms with Crippen molar-refractivity contribution < 1.29 is 14.4 Å². The molecule has 8 nitrogen and oxygen atoms in total. The van der Waals surface area contributed by atoms with Crippen LogP contribution < -0.4 is 5.32 Å². The molecule has 4 amide bonds. The van der Waals surface area contributed by atoms with E-state index in [1.165, 1.54) is 17.3 Å². The minimum atomic E-state index is -0.941. The standard InChI is InChI=1S/C19H18BrN5O3/c20-14-10-21-15(22-11-14)16(26)24-8-6-19(7-9-24)17(27)25(18(28)23-19)12-13-4-2-1-3-5-13/h1-5,10-11H,6-9,12H2,(H,23,28). The Balaban J connectivity index is 1.43. The number of nitrogens with one attached hydrogen (secondary N) is 1. The zero-order chi connectivity index (χ0) is 19.7. The number of benzene rings is 1. The first kappa shape index (κ1) is 18.5. The molecule has 28 heavy (non-hydrogen) atoms. The number of halogens is 1. The monoisotopic (exact) mass is 443 g/mol. The predicted octanol–water partition coefficient (Wildman–Crippen LogP) is 1.97. The van der Waals surface area contributed by atoms with E-state index in [9.17, 15) is 14.4 Å². The number of amides is 4. The second-order valence-electron chi connectivity index (χ2n) is 6.91. The maximum absolute atomic E-state index is 13.0. The fraction of sp³-hybridized carbons (Fsp3) is 0.316. The smallest absolute Gasteiger partial charge is 0.325 e. The third-order valence-corrected chi connectivity index (χ3v) is 5.55. The van der Waals surface area contributed by atoms with E-state index in [2.05, 4.69) is 31.2 Å². The van der Waals surface area contributed by atoms with E-state index in [0.717, 1.165) is 5.56 Å². The fourth-order valence-corrected chi connectivity index (χ4v) is 3.79. The molecular formula is C19H18BrN5O3. The first-order valence-electron chi connectivity index (χ1n) is 8.93. The van der Waals surface area contributed by atoms with Crippen LogP contribution in [0.3, 0.4) is 0 Å². The molecule has 2 aliphatic rings. The Labute approximate surface area is 170 Å². The normalized spacial score (nSPS) is 18.5. The van der Waals surface area contributed by atoms with E-state index in [1.54, 1.807) is 4.90 Å². The molecule has 1 N–H and O–H groups in total. The number of hydrogen-bond donors (Lipinski definition) is 1. The molecule has 2 aromatic rings. The van der Waals surface area contributed by atoms with Gasteiger partial charge in [-0.25, -0.2) is 14.8 Å². The van der Waals surface area contributed by atoms with Crippen LogP contribution in [-0.2, 0) is 11.3 Å². The van der Waals surface area contributed by atoms with Crippen LogP contribution in [-0.4, -0.2) is 56.2 Å². The summed E-state index contributed by atoms with van der Waals surface area (Å²) in [5.74, 6) is -0.389. The number of imide groups is 1. The topological polar surface area (TPSA) is 95.5 Å². The highest BCUT2D eigenvalue weighted by molar-refractivity contribution is 9.10. The number of urea groups is 1. The molecule has 0 saturated carbocycles. The van der Waals surface area contributed by atoms with Crippen molar-refractivity contribution in [2.75, 3.05) is 13.1 Å². The Kier molecular flexibility index (Phi) is 4.84. The average molecular weight is 444 g/mol. The van der Waals surface area contributed by atoms with Crippen molar-refractivity contribution in [3.63, 3.8) is 0 Å². The third kappa shape index (κ3) is 3.37. The lowest BCUT2D eigenvalue weighted by Gasteiger charge is -2.37. The van der Waals surface area contributed by atoms with Crippen LogP contribution in [0.1, 0.15) is 29.0 Å². The summed E-state index contributed by atoms with van der Waals surface area (Å²) in [5.41, 5.74) is -0.0495. The van der Waals surface area contributed by atoms with Crippen molar-refractivity contribution in [3.05, 3.63) is 58.6 Å².